The lowest BCUT2D eigenvalue weighted by molar-refractivity contribution is 0.258. The molecule has 112 valence electrons. The van der Waals surface area contributed by atoms with Crippen LogP contribution in [-0.2, 0) is 6.61 Å². The first-order chi connectivity index (χ1) is 10.2. The zero-order valence-corrected chi connectivity index (χ0v) is 12.8. The number of hydrogen-bond donors (Lipinski definition) is 1. The van der Waals surface area contributed by atoms with Crippen molar-refractivity contribution in [2.24, 2.45) is 0 Å². The van der Waals surface area contributed by atoms with Crippen LogP contribution >= 0.6 is 0 Å². The highest BCUT2D eigenvalue weighted by Gasteiger charge is 2.23. The molecule has 1 unspecified atom stereocenters. The summed E-state index contributed by atoms with van der Waals surface area (Å²) in [5, 5.41) is 10.6. The Hall–Kier alpha value is -1.65. The number of aromatic nitrogens is 1. The van der Waals surface area contributed by atoms with Crippen LogP contribution in [-0.4, -0.2) is 48.2 Å². The molecule has 2 heterocycles. The van der Waals surface area contributed by atoms with Gasteiger partial charge in [0.2, 0.25) is 0 Å². The smallest absolute Gasteiger partial charge is 0.0854 e. The molecule has 1 saturated heterocycles. The molecule has 1 aliphatic rings. The van der Waals surface area contributed by atoms with E-state index in [-0.39, 0.29) is 6.61 Å². The average Bonchev–Trinajstić information content (AvgIpc) is 2.53. The summed E-state index contributed by atoms with van der Waals surface area (Å²) in [6.45, 7) is 2.10. The zero-order valence-electron chi connectivity index (χ0n) is 12.8. The fourth-order valence-corrected chi connectivity index (χ4v) is 3.15. The van der Waals surface area contributed by atoms with E-state index in [1.54, 1.807) is 0 Å². The van der Waals surface area contributed by atoms with Crippen LogP contribution in [0.5, 0.6) is 0 Å². The van der Waals surface area contributed by atoms with Gasteiger partial charge in [-0.3, -0.25) is 4.98 Å². The van der Waals surface area contributed by atoms with E-state index in [0.717, 1.165) is 24.3 Å². The standard InChI is InChI=1S/C17H23N3O/c1-19(2)14-6-5-9-20(11-14)17-10-13(12-21)18-16-8-4-3-7-15(16)17/h3-4,7-8,10,14,21H,5-6,9,11-12H2,1-2H3. The van der Waals surface area contributed by atoms with Crippen LogP contribution in [0.4, 0.5) is 5.69 Å². The molecule has 0 saturated carbocycles. The van der Waals surface area contributed by atoms with Gasteiger partial charge < -0.3 is 14.9 Å². The highest BCUT2D eigenvalue weighted by atomic mass is 16.3. The summed E-state index contributed by atoms with van der Waals surface area (Å²) in [5.41, 5.74) is 2.91. The molecule has 0 radical (unpaired) electrons. The molecule has 1 aromatic heterocycles. The van der Waals surface area contributed by atoms with Crippen LogP contribution in [0, 0.1) is 0 Å². The van der Waals surface area contributed by atoms with Crippen molar-refractivity contribution in [2.45, 2.75) is 25.5 Å². The number of likely N-dealkylation sites (N-methyl/N-ethyl adjacent to an activating group) is 1. The van der Waals surface area contributed by atoms with Crippen molar-refractivity contribution in [1.82, 2.24) is 9.88 Å². The van der Waals surface area contributed by atoms with E-state index >= 15 is 0 Å². The first-order valence-corrected chi connectivity index (χ1v) is 7.60. The summed E-state index contributed by atoms with van der Waals surface area (Å²) in [7, 11) is 4.30. The van der Waals surface area contributed by atoms with Gasteiger partial charge in [-0.1, -0.05) is 18.2 Å². The predicted octanol–water partition coefficient (Wildman–Crippen LogP) is 2.26. The van der Waals surface area contributed by atoms with Crippen molar-refractivity contribution >= 4 is 16.6 Å². The molecule has 0 amide bonds. The maximum Gasteiger partial charge on any atom is 0.0854 e. The largest absolute Gasteiger partial charge is 0.390 e. The van der Waals surface area contributed by atoms with Crippen LogP contribution in [0.25, 0.3) is 10.9 Å². The molecule has 0 aliphatic carbocycles. The van der Waals surface area contributed by atoms with Crippen molar-refractivity contribution in [3.05, 3.63) is 36.0 Å². The Labute approximate surface area is 126 Å². The fourth-order valence-electron chi connectivity index (χ4n) is 3.15. The summed E-state index contributed by atoms with van der Waals surface area (Å²) >= 11 is 0. The van der Waals surface area contributed by atoms with Crippen LogP contribution in [0.1, 0.15) is 18.5 Å². The Morgan fingerprint density at radius 2 is 2.14 bits per heavy atom. The van der Waals surface area contributed by atoms with Gasteiger partial charge in [-0.2, -0.15) is 0 Å². The first-order valence-electron chi connectivity index (χ1n) is 7.60. The minimum Gasteiger partial charge on any atom is -0.390 e. The van der Waals surface area contributed by atoms with Crippen molar-refractivity contribution in [3.8, 4) is 0 Å². The third-order valence-corrected chi connectivity index (χ3v) is 4.38. The molecule has 0 spiro atoms. The van der Waals surface area contributed by atoms with Crippen molar-refractivity contribution in [2.75, 3.05) is 32.1 Å². The van der Waals surface area contributed by atoms with Gasteiger partial charge in [0.1, 0.15) is 0 Å². The second-order valence-electron chi connectivity index (χ2n) is 6.01. The summed E-state index contributed by atoms with van der Waals surface area (Å²) < 4.78 is 0. The Morgan fingerprint density at radius 3 is 2.90 bits per heavy atom. The molecule has 4 heteroatoms. The Morgan fingerprint density at radius 1 is 1.33 bits per heavy atom. The minimum absolute atomic E-state index is 0.0111. The van der Waals surface area contributed by atoms with E-state index in [1.807, 2.05) is 18.2 Å². The predicted molar refractivity (Wildman–Crippen MR) is 86.6 cm³/mol. The zero-order chi connectivity index (χ0) is 14.8. The molecule has 21 heavy (non-hydrogen) atoms. The molecular formula is C17H23N3O. The maximum atomic E-state index is 9.47. The van der Waals surface area contributed by atoms with E-state index < -0.39 is 0 Å². The molecule has 2 aromatic rings. The van der Waals surface area contributed by atoms with Gasteiger partial charge in [-0.25, -0.2) is 0 Å². The molecule has 1 aromatic carbocycles. The summed E-state index contributed by atoms with van der Waals surface area (Å²) in [6.07, 6.45) is 2.45. The van der Waals surface area contributed by atoms with Gasteiger partial charge in [-0.15, -0.1) is 0 Å². The number of pyridine rings is 1. The quantitative estimate of drug-likeness (QED) is 0.939. The molecule has 1 fully saturated rings. The monoisotopic (exact) mass is 285 g/mol. The number of aliphatic hydroxyl groups is 1. The third kappa shape index (κ3) is 2.87. The number of rotatable bonds is 3. The Balaban J connectivity index is 2.02. The van der Waals surface area contributed by atoms with Gasteiger partial charge in [0.25, 0.3) is 0 Å². The topological polar surface area (TPSA) is 39.6 Å². The SMILES string of the molecule is CN(C)C1CCCN(c2cc(CO)nc3ccccc23)C1. The number of benzene rings is 1. The molecule has 1 atom stereocenters. The maximum absolute atomic E-state index is 9.47. The van der Waals surface area contributed by atoms with Crippen LogP contribution in [0.3, 0.4) is 0 Å². The lowest BCUT2D eigenvalue weighted by Gasteiger charge is -2.38. The third-order valence-electron chi connectivity index (χ3n) is 4.38. The van der Waals surface area contributed by atoms with Gasteiger partial charge in [0.05, 0.1) is 17.8 Å². The van der Waals surface area contributed by atoms with Gasteiger partial charge >= 0.3 is 0 Å². The normalized spacial score (nSPS) is 19.4. The number of hydrogen-bond acceptors (Lipinski definition) is 4. The van der Waals surface area contributed by atoms with Crippen molar-refractivity contribution in [3.63, 3.8) is 0 Å². The van der Waals surface area contributed by atoms with E-state index in [2.05, 4.69) is 41.0 Å². The number of anilines is 1. The lowest BCUT2D eigenvalue weighted by atomic mass is 10.0. The van der Waals surface area contributed by atoms with Gasteiger partial charge in [-0.05, 0) is 39.1 Å². The average molecular weight is 285 g/mol. The van der Waals surface area contributed by atoms with Crippen LogP contribution < -0.4 is 4.90 Å². The number of nitrogens with zero attached hydrogens (tertiary/aromatic N) is 3. The Kier molecular flexibility index (Phi) is 4.08. The summed E-state index contributed by atoms with van der Waals surface area (Å²) in [4.78, 5) is 9.27. The summed E-state index contributed by atoms with van der Waals surface area (Å²) in [5.74, 6) is 0. The van der Waals surface area contributed by atoms with Crippen molar-refractivity contribution in [1.29, 1.82) is 0 Å². The number of para-hydroxylation sites is 1. The minimum atomic E-state index is -0.0111. The van der Waals surface area contributed by atoms with Crippen LogP contribution in [0.15, 0.2) is 30.3 Å². The highest BCUT2D eigenvalue weighted by molar-refractivity contribution is 5.92. The lowest BCUT2D eigenvalue weighted by Crippen LogP contribution is -2.45. The Bertz CT molecular complexity index is 626. The molecule has 1 N–H and O–H groups in total. The highest BCUT2D eigenvalue weighted by Crippen LogP contribution is 2.29. The van der Waals surface area contributed by atoms with E-state index in [0.29, 0.717) is 6.04 Å². The molecular weight excluding hydrogens is 262 g/mol. The van der Waals surface area contributed by atoms with Crippen molar-refractivity contribution < 1.29 is 5.11 Å². The number of aliphatic hydroxyl groups excluding tert-OH is 1. The molecule has 1 aliphatic heterocycles. The van der Waals surface area contributed by atoms with E-state index in [9.17, 15) is 5.11 Å². The first kappa shape index (κ1) is 14.3. The van der Waals surface area contributed by atoms with Crippen LogP contribution in [0.2, 0.25) is 0 Å². The second-order valence-corrected chi connectivity index (χ2v) is 6.01. The van der Waals surface area contributed by atoms with E-state index in [4.69, 9.17) is 0 Å². The number of piperidine rings is 1. The fraction of sp³-hybridized carbons (Fsp3) is 0.471. The summed E-state index contributed by atoms with van der Waals surface area (Å²) in [6, 6.07) is 10.8. The number of fused-ring (bicyclic) bond motifs is 1. The van der Waals surface area contributed by atoms with E-state index in [1.165, 1.54) is 23.9 Å². The molecule has 3 rings (SSSR count). The van der Waals surface area contributed by atoms with Gasteiger partial charge in [0.15, 0.2) is 0 Å². The molecule has 0 bridgehead atoms. The second kappa shape index (κ2) is 6.00. The van der Waals surface area contributed by atoms with Gasteiger partial charge in [0, 0.05) is 30.2 Å². The molecule has 4 nitrogen and oxygen atoms in total.